The molecule has 0 atom stereocenters. The van der Waals surface area contributed by atoms with Crippen LogP contribution >= 0.6 is 0 Å². The minimum Gasteiger partial charge on any atom is -0.348 e. The van der Waals surface area contributed by atoms with Crippen molar-refractivity contribution in [3.63, 3.8) is 0 Å². The summed E-state index contributed by atoms with van der Waals surface area (Å²) in [7, 11) is 0. The molecule has 68 valence electrons. The van der Waals surface area contributed by atoms with E-state index in [4.69, 9.17) is 5.73 Å². The summed E-state index contributed by atoms with van der Waals surface area (Å²) in [5, 5.41) is 0. The first-order valence-corrected chi connectivity index (χ1v) is 4.28. The quantitative estimate of drug-likeness (QED) is 0.714. The Labute approximate surface area is 73.4 Å². The molecule has 0 unspecified atom stereocenters. The number of nitrogens with zero attached hydrogens (tertiary/aromatic N) is 1. The van der Waals surface area contributed by atoms with Gasteiger partial charge in [0.05, 0.1) is 12.0 Å². The maximum Gasteiger partial charge on any atom is 0.0925 e. The van der Waals surface area contributed by atoms with Gasteiger partial charge in [0.1, 0.15) is 0 Å². The van der Waals surface area contributed by atoms with Crippen molar-refractivity contribution in [3.8, 4) is 0 Å². The van der Waals surface area contributed by atoms with Gasteiger partial charge in [-0.05, 0) is 19.9 Å². The molecule has 0 fully saturated rings. The van der Waals surface area contributed by atoms with Crippen LogP contribution in [0.25, 0.3) is 0 Å². The molecular formula is C9H17N3. The highest BCUT2D eigenvalue weighted by Crippen LogP contribution is 2.26. The number of hydrogen-bond acceptors (Lipinski definition) is 2. The first kappa shape index (κ1) is 9.26. The van der Waals surface area contributed by atoms with Crippen LogP contribution in [0.3, 0.4) is 0 Å². The van der Waals surface area contributed by atoms with Crippen molar-refractivity contribution in [1.82, 2.24) is 9.97 Å². The van der Waals surface area contributed by atoms with Gasteiger partial charge in [-0.2, -0.15) is 0 Å². The Bertz CT molecular complexity index is 250. The molecule has 0 spiro atoms. The largest absolute Gasteiger partial charge is 0.348 e. The Morgan fingerprint density at radius 1 is 1.58 bits per heavy atom. The molecule has 3 nitrogen and oxygen atoms in total. The lowest BCUT2D eigenvalue weighted by Crippen LogP contribution is -2.23. The van der Waals surface area contributed by atoms with E-state index in [-0.39, 0.29) is 5.41 Å². The summed E-state index contributed by atoms with van der Waals surface area (Å²) in [5.74, 6) is 0. The Balaban J connectivity index is 2.88. The number of nitrogens with two attached hydrogens (primary N) is 1. The Morgan fingerprint density at radius 3 is 2.67 bits per heavy atom. The van der Waals surface area contributed by atoms with Crippen LogP contribution in [0.1, 0.15) is 31.7 Å². The zero-order valence-corrected chi connectivity index (χ0v) is 8.02. The average molecular weight is 167 g/mol. The van der Waals surface area contributed by atoms with E-state index in [2.05, 4.69) is 23.8 Å². The predicted molar refractivity (Wildman–Crippen MR) is 50.0 cm³/mol. The third-order valence-corrected chi connectivity index (χ3v) is 2.24. The minimum atomic E-state index is 0.0961. The summed E-state index contributed by atoms with van der Waals surface area (Å²) in [6.07, 6.45) is 2.71. The van der Waals surface area contributed by atoms with Crippen LogP contribution in [0.2, 0.25) is 0 Å². The number of imidazole rings is 1. The molecule has 1 heterocycles. The van der Waals surface area contributed by atoms with Crippen molar-refractivity contribution in [2.24, 2.45) is 5.73 Å². The van der Waals surface area contributed by atoms with Gasteiger partial charge in [-0.1, -0.05) is 13.8 Å². The van der Waals surface area contributed by atoms with Crippen LogP contribution < -0.4 is 5.73 Å². The number of aryl methyl sites for hydroxylation is 1. The summed E-state index contributed by atoms with van der Waals surface area (Å²) >= 11 is 0. The summed E-state index contributed by atoms with van der Waals surface area (Å²) in [6, 6.07) is 0. The lowest BCUT2D eigenvalue weighted by atomic mass is 9.85. The van der Waals surface area contributed by atoms with E-state index >= 15 is 0 Å². The highest BCUT2D eigenvalue weighted by molar-refractivity contribution is 5.18. The molecule has 0 saturated heterocycles. The van der Waals surface area contributed by atoms with Crippen LogP contribution in [0.15, 0.2) is 6.33 Å². The number of aromatic nitrogens is 2. The zero-order chi connectivity index (χ0) is 9.19. The van der Waals surface area contributed by atoms with E-state index in [0.717, 1.165) is 17.8 Å². The van der Waals surface area contributed by atoms with Gasteiger partial charge in [0.25, 0.3) is 0 Å². The van der Waals surface area contributed by atoms with E-state index in [9.17, 15) is 0 Å². The highest BCUT2D eigenvalue weighted by Gasteiger charge is 2.23. The second-order valence-corrected chi connectivity index (χ2v) is 3.80. The van der Waals surface area contributed by atoms with Crippen LogP contribution in [-0.2, 0) is 5.41 Å². The number of rotatable bonds is 3. The maximum atomic E-state index is 5.53. The molecule has 0 amide bonds. The molecular weight excluding hydrogens is 150 g/mol. The van der Waals surface area contributed by atoms with E-state index in [1.54, 1.807) is 6.33 Å². The Hall–Kier alpha value is -0.830. The molecule has 1 aromatic heterocycles. The first-order valence-electron chi connectivity index (χ1n) is 4.28. The molecule has 0 aliphatic rings. The first-order chi connectivity index (χ1) is 5.58. The van der Waals surface area contributed by atoms with Crippen molar-refractivity contribution >= 4 is 0 Å². The fourth-order valence-electron chi connectivity index (χ4n) is 1.52. The molecule has 0 saturated carbocycles. The van der Waals surface area contributed by atoms with Gasteiger partial charge in [-0.25, -0.2) is 4.98 Å². The van der Waals surface area contributed by atoms with Crippen molar-refractivity contribution < 1.29 is 0 Å². The molecule has 3 heteroatoms. The number of aromatic amines is 1. The van der Waals surface area contributed by atoms with Crippen molar-refractivity contribution in [2.45, 2.75) is 32.6 Å². The van der Waals surface area contributed by atoms with Gasteiger partial charge in [-0.15, -0.1) is 0 Å². The summed E-state index contributed by atoms with van der Waals surface area (Å²) in [6.45, 7) is 7.09. The third-order valence-electron chi connectivity index (χ3n) is 2.24. The molecule has 1 rings (SSSR count). The number of hydrogen-bond donors (Lipinski definition) is 2. The molecule has 3 N–H and O–H groups in total. The highest BCUT2D eigenvalue weighted by atomic mass is 14.9. The van der Waals surface area contributed by atoms with Gasteiger partial charge < -0.3 is 10.7 Å². The normalized spacial score (nSPS) is 12.0. The molecule has 0 radical (unpaired) electrons. The van der Waals surface area contributed by atoms with E-state index in [1.165, 1.54) is 0 Å². The maximum absolute atomic E-state index is 5.53. The van der Waals surface area contributed by atoms with Crippen LogP contribution in [0.5, 0.6) is 0 Å². The van der Waals surface area contributed by atoms with E-state index < -0.39 is 0 Å². The van der Waals surface area contributed by atoms with Crippen molar-refractivity contribution in [1.29, 1.82) is 0 Å². The lowest BCUT2D eigenvalue weighted by molar-refractivity contribution is 0.472. The van der Waals surface area contributed by atoms with Gasteiger partial charge in [0, 0.05) is 11.1 Å². The second-order valence-electron chi connectivity index (χ2n) is 3.80. The molecule has 1 aromatic rings. The summed E-state index contributed by atoms with van der Waals surface area (Å²) in [5.41, 5.74) is 7.91. The summed E-state index contributed by atoms with van der Waals surface area (Å²) in [4.78, 5) is 7.38. The molecule has 0 bridgehead atoms. The standard InChI is InChI=1S/C9H17N3/c1-7-8(12-6-11-7)9(2,3)4-5-10/h6H,4-5,10H2,1-3H3,(H,11,12). The monoisotopic (exact) mass is 167 g/mol. The molecule has 12 heavy (non-hydrogen) atoms. The zero-order valence-electron chi connectivity index (χ0n) is 8.02. The smallest absolute Gasteiger partial charge is 0.0925 e. The molecule has 0 aromatic carbocycles. The van der Waals surface area contributed by atoms with Gasteiger partial charge in [0.15, 0.2) is 0 Å². The van der Waals surface area contributed by atoms with Crippen molar-refractivity contribution in [2.75, 3.05) is 6.54 Å². The van der Waals surface area contributed by atoms with Crippen molar-refractivity contribution in [3.05, 3.63) is 17.7 Å². The third kappa shape index (κ3) is 1.67. The fourth-order valence-corrected chi connectivity index (χ4v) is 1.52. The van der Waals surface area contributed by atoms with Crippen LogP contribution in [-0.4, -0.2) is 16.5 Å². The number of nitrogens with one attached hydrogen (secondary N) is 1. The topological polar surface area (TPSA) is 54.7 Å². The number of H-pyrrole nitrogens is 1. The fraction of sp³-hybridized carbons (Fsp3) is 0.667. The average Bonchev–Trinajstić information content (AvgIpc) is 2.35. The van der Waals surface area contributed by atoms with Crippen LogP contribution in [0.4, 0.5) is 0 Å². The van der Waals surface area contributed by atoms with Crippen LogP contribution in [0, 0.1) is 6.92 Å². The SMILES string of the molecule is Cc1[nH]cnc1C(C)(C)CCN. The second kappa shape index (κ2) is 3.27. The van der Waals surface area contributed by atoms with Gasteiger partial charge >= 0.3 is 0 Å². The summed E-state index contributed by atoms with van der Waals surface area (Å²) < 4.78 is 0. The molecule has 0 aliphatic carbocycles. The molecule has 0 aliphatic heterocycles. The van der Waals surface area contributed by atoms with E-state index in [1.807, 2.05) is 6.92 Å². The predicted octanol–water partition coefficient (Wildman–Crippen LogP) is 1.34. The Kier molecular flexibility index (Phi) is 2.52. The minimum absolute atomic E-state index is 0.0961. The van der Waals surface area contributed by atoms with Gasteiger partial charge in [0.2, 0.25) is 0 Å². The lowest BCUT2D eigenvalue weighted by Gasteiger charge is -2.22. The Morgan fingerprint density at radius 2 is 2.25 bits per heavy atom. The van der Waals surface area contributed by atoms with Gasteiger partial charge in [-0.3, -0.25) is 0 Å². The van der Waals surface area contributed by atoms with E-state index in [0.29, 0.717) is 6.54 Å².